The van der Waals surface area contributed by atoms with E-state index in [4.69, 9.17) is 11.6 Å². The highest BCUT2D eigenvalue weighted by Gasteiger charge is 2.61. The van der Waals surface area contributed by atoms with Crippen LogP contribution in [-0.2, 0) is 9.53 Å². The van der Waals surface area contributed by atoms with Gasteiger partial charge in [-0.05, 0) is 6.92 Å². The van der Waals surface area contributed by atoms with Gasteiger partial charge >= 0.3 is 5.97 Å². The zero-order valence-electron chi connectivity index (χ0n) is 5.56. The summed E-state index contributed by atoms with van der Waals surface area (Å²) < 4.78 is 16.8. The molecule has 0 saturated heterocycles. The summed E-state index contributed by atoms with van der Waals surface area (Å²) >= 11 is 5.47. The Hall–Kier alpha value is -0.310. The monoisotopic (exact) mass is 166 g/mol. The maximum absolute atomic E-state index is 12.3. The van der Waals surface area contributed by atoms with E-state index in [0.29, 0.717) is 0 Å². The minimum Gasteiger partial charge on any atom is -0.465 e. The van der Waals surface area contributed by atoms with E-state index in [0.717, 1.165) is 0 Å². The summed E-state index contributed by atoms with van der Waals surface area (Å²) in [6.07, 6.45) is -1.12. The molecule has 1 aliphatic rings. The minimum absolute atomic E-state index is 0.0907. The van der Waals surface area contributed by atoms with Gasteiger partial charge < -0.3 is 4.74 Å². The molecule has 0 N–H and O–H groups in total. The van der Waals surface area contributed by atoms with E-state index in [-0.39, 0.29) is 13.0 Å². The van der Waals surface area contributed by atoms with Crippen molar-refractivity contribution in [3.05, 3.63) is 0 Å². The molecule has 0 aromatic carbocycles. The van der Waals surface area contributed by atoms with Gasteiger partial charge in [0.2, 0.25) is 0 Å². The molecule has 2 unspecified atom stereocenters. The molecule has 1 fully saturated rings. The Morgan fingerprint density at radius 2 is 2.50 bits per heavy atom. The number of carbonyl (C=O) groups excluding carboxylic acids is 1. The van der Waals surface area contributed by atoms with Gasteiger partial charge in [-0.2, -0.15) is 0 Å². The van der Waals surface area contributed by atoms with Crippen LogP contribution in [-0.4, -0.2) is 23.6 Å². The van der Waals surface area contributed by atoms with Crippen LogP contribution in [0.3, 0.4) is 0 Å². The molecular weight excluding hydrogens is 159 g/mol. The molecule has 1 aliphatic carbocycles. The molecule has 2 nitrogen and oxygen atoms in total. The second-order valence-corrected chi connectivity index (χ2v) is 2.93. The molecular formula is C6H8ClFO2. The van der Waals surface area contributed by atoms with Crippen LogP contribution < -0.4 is 0 Å². The van der Waals surface area contributed by atoms with Crippen molar-refractivity contribution in [2.75, 3.05) is 6.61 Å². The summed E-state index contributed by atoms with van der Waals surface area (Å²) in [5.74, 6) is -0.635. The van der Waals surface area contributed by atoms with Gasteiger partial charge in [0.25, 0.3) is 0 Å². The van der Waals surface area contributed by atoms with Gasteiger partial charge in [-0.15, -0.1) is 11.6 Å². The highest BCUT2D eigenvalue weighted by atomic mass is 35.5. The van der Waals surface area contributed by atoms with Gasteiger partial charge in [-0.25, -0.2) is 4.39 Å². The van der Waals surface area contributed by atoms with E-state index in [1.165, 1.54) is 0 Å². The average molecular weight is 167 g/mol. The Balaban J connectivity index is 2.43. The Kier molecular flexibility index (Phi) is 1.86. The molecule has 1 rings (SSSR count). The lowest BCUT2D eigenvalue weighted by Crippen LogP contribution is -2.21. The standard InChI is InChI=1S/C6H8ClFO2/c1-2-10-5(9)6(7)3-4(6)8/h4H,2-3H2,1H3. The fourth-order valence-corrected chi connectivity index (χ4v) is 0.854. The zero-order valence-corrected chi connectivity index (χ0v) is 6.32. The maximum Gasteiger partial charge on any atom is 0.330 e. The zero-order chi connectivity index (χ0) is 7.78. The first-order valence-electron chi connectivity index (χ1n) is 3.11. The van der Waals surface area contributed by atoms with Crippen LogP contribution in [0.4, 0.5) is 4.39 Å². The van der Waals surface area contributed by atoms with Crippen molar-refractivity contribution in [1.82, 2.24) is 0 Å². The molecule has 0 aromatic heterocycles. The lowest BCUT2D eigenvalue weighted by Gasteiger charge is -2.03. The van der Waals surface area contributed by atoms with Gasteiger partial charge in [0.05, 0.1) is 6.61 Å². The van der Waals surface area contributed by atoms with E-state index >= 15 is 0 Å². The molecule has 0 radical (unpaired) electrons. The average Bonchev–Trinajstić information content (AvgIpc) is 2.43. The van der Waals surface area contributed by atoms with Crippen molar-refractivity contribution in [3.8, 4) is 0 Å². The summed E-state index contributed by atoms with van der Waals surface area (Å²) in [4.78, 5) is 9.41. The van der Waals surface area contributed by atoms with Gasteiger partial charge in [-0.3, -0.25) is 4.79 Å². The van der Waals surface area contributed by atoms with Crippen LogP contribution in [0.5, 0.6) is 0 Å². The number of alkyl halides is 2. The number of rotatable bonds is 2. The second kappa shape index (κ2) is 2.38. The molecule has 58 valence electrons. The number of hydrogen-bond acceptors (Lipinski definition) is 2. The van der Waals surface area contributed by atoms with E-state index < -0.39 is 17.0 Å². The Morgan fingerprint density at radius 3 is 2.80 bits per heavy atom. The topological polar surface area (TPSA) is 26.3 Å². The Labute approximate surface area is 63.3 Å². The number of carbonyl (C=O) groups is 1. The fraction of sp³-hybridized carbons (Fsp3) is 0.833. The van der Waals surface area contributed by atoms with Crippen LogP contribution in [0.2, 0.25) is 0 Å². The summed E-state index contributed by atoms with van der Waals surface area (Å²) in [6.45, 7) is 1.91. The molecule has 2 atom stereocenters. The first kappa shape index (κ1) is 7.79. The van der Waals surface area contributed by atoms with Crippen LogP contribution >= 0.6 is 11.6 Å². The number of esters is 1. The lowest BCUT2D eigenvalue weighted by molar-refractivity contribution is -0.143. The predicted molar refractivity (Wildman–Crippen MR) is 34.7 cm³/mol. The molecule has 0 aliphatic heterocycles. The Bertz CT molecular complexity index is 162. The normalized spacial score (nSPS) is 37.3. The third kappa shape index (κ3) is 1.10. The summed E-state index contributed by atoms with van der Waals surface area (Å²) in [7, 11) is 0. The Morgan fingerprint density at radius 1 is 2.00 bits per heavy atom. The minimum atomic E-state index is -1.34. The van der Waals surface area contributed by atoms with E-state index in [1.54, 1.807) is 6.92 Å². The summed E-state index contributed by atoms with van der Waals surface area (Å²) in [5.41, 5.74) is 0. The molecule has 0 spiro atoms. The molecule has 0 amide bonds. The maximum atomic E-state index is 12.3. The third-order valence-corrected chi connectivity index (χ3v) is 1.97. The molecule has 0 bridgehead atoms. The first-order chi connectivity index (χ1) is 4.61. The van der Waals surface area contributed by atoms with Crippen molar-refractivity contribution < 1.29 is 13.9 Å². The summed E-state index contributed by atoms with van der Waals surface area (Å²) in [5, 5.41) is 0. The largest absolute Gasteiger partial charge is 0.465 e. The van der Waals surface area contributed by atoms with Gasteiger partial charge in [0.15, 0.2) is 4.87 Å². The van der Waals surface area contributed by atoms with E-state index in [2.05, 4.69) is 4.74 Å². The second-order valence-electron chi connectivity index (χ2n) is 2.25. The van der Waals surface area contributed by atoms with E-state index in [1.807, 2.05) is 0 Å². The first-order valence-corrected chi connectivity index (χ1v) is 3.49. The number of halogens is 2. The van der Waals surface area contributed by atoms with Crippen LogP contribution in [0.25, 0.3) is 0 Å². The molecule has 1 saturated carbocycles. The molecule has 4 heteroatoms. The SMILES string of the molecule is CCOC(=O)C1(Cl)CC1F. The van der Waals surface area contributed by atoms with Gasteiger partial charge in [-0.1, -0.05) is 0 Å². The third-order valence-electron chi connectivity index (χ3n) is 1.43. The van der Waals surface area contributed by atoms with Crippen molar-refractivity contribution in [2.45, 2.75) is 24.4 Å². The van der Waals surface area contributed by atoms with Crippen molar-refractivity contribution in [2.24, 2.45) is 0 Å². The highest BCUT2D eigenvalue weighted by Crippen LogP contribution is 2.46. The number of ether oxygens (including phenoxy) is 1. The number of hydrogen-bond donors (Lipinski definition) is 0. The van der Waals surface area contributed by atoms with Gasteiger partial charge in [0.1, 0.15) is 6.17 Å². The predicted octanol–water partition coefficient (Wildman–Crippen LogP) is 1.27. The molecule has 0 heterocycles. The van der Waals surface area contributed by atoms with Gasteiger partial charge in [0, 0.05) is 6.42 Å². The molecule has 10 heavy (non-hydrogen) atoms. The lowest BCUT2D eigenvalue weighted by atomic mass is 10.4. The highest BCUT2D eigenvalue weighted by molar-refractivity contribution is 6.37. The van der Waals surface area contributed by atoms with Crippen molar-refractivity contribution in [1.29, 1.82) is 0 Å². The quantitative estimate of drug-likeness (QED) is 0.456. The molecule has 0 aromatic rings. The van der Waals surface area contributed by atoms with Crippen molar-refractivity contribution >= 4 is 17.6 Å². The summed E-state index contributed by atoms with van der Waals surface area (Å²) in [6, 6.07) is 0. The van der Waals surface area contributed by atoms with Crippen LogP contribution in [0, 0.1) is 0 Å². The van der Waals surface area contributed by atoms with E-state index in [9.17, 15) is 9.18 Å². The van der Waals surface area contributed by atoms with Crippen LogP contribution in [0.15, 0.2) is 0 Å². The smallest absolute Gasteiger partial charge is 0.330 e. The van der Waals surface area contributed by atoms with Crippen LogP contribution in [0.1, 0.15) is 13.3 Å². The van der Waals surface area contributed by atoms with Crippen molar-refractivity contribution in [3.63, 3.8) is 0 Å². The fourth-order valence-electron chi connectivity index (χ4n) is 0.664.